The summed E-state index contributed by atoms with van der Waals surface area (Å²) >= 11 is 0. The van der Waals surface area contributed by atoms with E-state index in [0.717, 1.165) is 22.5 Å². The topological polar surface area (TPSA) is 53.0 Å². The molecule has 1 radical (unpaired) electrons. The van der Waals surface area contributed by atoms with E-state index in [4.69, 9.17) is 4.43 Å². The molecule has 42 heavy (non-hydrogen) atoms. The molecule has 3 aromatic rings. The number of aliphatic hydroxyl groups is 1. The van der Waals surface area contributed by atoms with Crippen LogP contribution in [0, 0.1) is 0 Å². The first-order chi connectivity index (χ1) is 19.4. The van der Waals surface area contributed by atoms with E-state index in [2.05, 4.69) is 45.0 Å². The third kappa shape index (κ3) is 7.14. The van der Waals surface area contributed by atoms with Crippen LogP contribution in [-0.4, -0.2) is 92.2 Å². The Kier molecular flexibility index (Phi) is 11.5. The fourth-order valence-electron chi connectivity index (χ4n) is 5.92. The maximum atomic E-state index is 13.5. The van der Waals surface area contributed by atoms with Gasteiger partial charge in [0.25, 0.3) is 8.32 Å². The maximum absolute atomic E-state index is 13.5. The van der Waals surface area contributed by atoms with Crippen LogP contribution in [-0.2, 0) is 15.4 Å². The van der Waals surface area contributed by atoms with Crippen LogP contribution in [0.1, 0.15) is 39.7 Å². The van der Waals surface area contributed by atoms with Gasteiger partial charge in [0.05, 0.1) is 18.2 Å². The molecular weight excluding hydrogens is 568 g/mol. The van der Waals surface area contributed by atoms with Crippen LogP contribution in [0.25, 0.3) is 0 Å². The summed E-state index contributed by atoms with van der Waals surface area (Å²) < 4.78 is 46.8. The zero-order valence-corrected chi connectivity index (χ0v) is 28.1. The van der Waals surface area contributed by atoms with Crippen molar-refractivity contribution in [3.63, 3.8) is 0 Å². The molecule has 10 heteroatoms. The number of anilines is 1. The van der Waals surface area contributed by atoms with E-state index in [-0.39, 0.29) is 47.1 Å². The van der Waals surface area contributed by atoms with Crippen molar-refractivity contribution in [2.75, 3.05) is 31.2 Å². The first-order valence-corrected chi connectivity index (χ1v) is 15.9. The monoisotopic (exact) mass is 607 g/mol. The van der Waals surface area contributed by atoms with Crippen LogP contribution in [0.3, 0.4) is 0 Å². The predicted octanol–water partition coefficient (Wildman–Crippen LogP) is 4.69. The summed E-state index contributed by atoms with van der Waals surface area (Å²) in [6.07, 6.45) is -4.03. The maximum Gasteiger partial charge on any atom is 0.416 e. The molecular formula is C32H39F3N2NaO3Si. The van der Waals surface area contributed by atoms with Crippen molar-refractivity contribution in [2.24, 2.45) is 0 Å². The average Bonchev–Trinajstić information content (AvgIpc) is 2.95. The van der Waals surface area contributed by atoms with Crippen LogP contribution in [0.15, 0.2) is 84.9 Å². The molecule has 1 heterocycles. The molecule has 0 spiro atoms. The second-order valence-corrected chi connectivity index (χ2v) is 15.9. The number of benzene rings is 3. The molecule has 1 amide bonds. The van der Waals surface area contributed by atoms with Gasteiger partial charge in [0.1, 0.15) is 6.04 Å². The van der Waals surface area contributed by atoms with E-state index < -0.39 is 32.1 Å². The zero-order valence-electron chi connectivity index (χ0n) is 25.1. The molecule has 5 nitrogen and oxygen atoms in total. The number of hydrogen-bond acceptors (Lipinski definition) is 4. The van der Waals surface area contributed by atoms with Gasteiger partial charge in [-0.15, -0.1) is 0 Å². The minimum absolute atomic E-state index is 0. The fourth-order valence-corrected chi connectivity index (χ4v) is 10.5. The molecule has 4 rings (SSSR count). The third-order valence-electron chi connectivity index (χ3n) is 8.03. The number of rotatable bonds is 9. The van der Waals surface area contributed by atoms with Crippen LogP contribution in [0.4, 0.5) is 18.9 Å². The van der Waals surface area contributed by atoms with Crippen molar-refractivity contribution < 1.29 is 27.5 Å². The molecule has 0 aliphatic carbocycles. The van der Waals surface area contributed by atoms with Gasteiger partial charge in [0, 0.05) is 54.9 Å². The van der Waals surface area contributed by atoms with Crippen LogP contribution >= 0.6 is 0 Å². The summed E-state index contributed by atoms with van der Waals surface area (Å²) in [5.74, 6) is -0.224. The van der Waals surface area contributed by atoms with Crippen molar-refractivity contribution in [2.45, 2.75) is 57.4 Å². The van der Waals surface area contributed by atoms with Gasteiger partial charge < -0.3 is 19.3 Å². The van der Waals surface area contributed by atoms with Crippen molar-refractivity contribution in [3.8, 4) is 0 Å². The number of piperazine rings is 1. The molecule has 1 aliphatic rings. The normalized spacial score (nSPS) is 17.1. The predicted molar refractivity (Wildman–Crippen MR) is 165 cm³/mol. The molecule has 0 bridgehead atoms. The summed E-state index contributed by atoms with van der Waals surface area (Å²) in [4.78, 5) is 16.8. The number of aliphatic hydroxyl groups excluding tert-OH is 1. The molecule has 221 valence electrons. The Hall–Kier alpha value is -2.14. The first kappa shape index (κ1) is 34.3. The van der Waals surface area contributed by atoms with E-state index >= 15 is 0 Å². The average molecular weight is 608 g/mol. The second-order valence-electron chi connectivity index (χ2n) is 11.6. The molecule has 2 atom stereocenters. The van der Waals surface area contributed by atoms with Gasteiger partial charge in [0.2, 0.25) is 5.91 Å². The number of halogens is 3. The van der Waals surface area contributed by atoms with Crippen LogP contribution < -0.4 is 15.3 Å². The fraction of sp³-hybridized carbons (Fsp3) is 0.406. The second kappa shape index (κ2) is 14.1. The molecule has 1 fully saturated rings. The zero-order chi connectivity index (χ0) is 29.8. The van der Waals surface area contributed by atoms with Crippen molar-refractivity contribution in [1.29, 1.82) is 0 Å². The first-order valence-electron chi connectivity index (χ1n) is 14.0. The number of hydrogen-bond donors (Lipinski definition) is 1. The number of alkyl halides is 3. The minimum atomic E-state index is -4.46. The summed E-state index contributed by atoms with van der Waals surface area (Å²) in [5, 5.41) is 12.4. The molecule has 3 aromatic carbocycles. The van der Waals surface area contributed by atoms with Gasteiger partial charge in [-0.3, -0.25) is 4.79 Å². The Morgan fingerprint density at radius 1 is 0.929 bits per heavy atom. The molecule has 0 saturated carbocycles. The Morgan fingerprint density at radius 2 is 1.50 bits per heavy atom. The van der Waals surface area contributed by atoms with Gasteiger partial charge in [-0.1, -0.05) is 87.5 Å². The molecule has 1 N–H and O–H groups in total. The Labute approximate surface area is 270 Å². The summed E-state index contributed by atoms with van der Waals surface area (Å²) in [6.45, 7) is 9.05. The van der Waals surface area contributed by atoms with E-state index in [0.29, 0.717) is 31.8 Å². The van der Waals surface area contributed by atoms with Crippen molar-refractivity contribution in [3.05, 3.63) is 90.5 Å². The van der Waals surface area contributed by atoms with E-state index in [9.17, 15) is 23.1 Å². The molecule has 1 aliphatic heterocycles. The Bertz CT molecular complexity index is 1270. The van der Waals surface area contributed by atoms with Gasteiger partial charge >= 0.3 is 6.18 Å². The Morgan fingerprint density at radius 3 is 2.00 bits per heavy atom. The number of carbonyl (C=O) groups is 1. The quantitative estimate of drug-likeness (QED) is 0.359. The summed E-state index contributed by atoms with van der Waals surface area (Å²) in [7, 11) is -2.77. The van der Waals surface area contributed by atoms with Gasteiger partial charge in [0.15, 0.2) is 0 Å². The smallest absolute Gasteiger partial charge is 0.407 e. The number of carbonyl (C=O) groups excluding carboxylic acids is 1. The minimum Gasteiger partial charge on any atom is -0.407 e. The van der Waals surface area contributed by atoms with E-state index in [1.54, 1.807) is 22.8 Å². The van der Waals surface area contributed by atoms with Crippen molar-refractivity contribution in [1.82, 2.24) is 4.90 Å². The standard InChI is InChI=1S/C32H39F3N2O3Si.Na/c1-24-30(39)37(20-19-36(24)26-13-11-12-25(22-26)32(33,34)35)27(23-38)18-21-40-41(31(2,3)4,28-14-7-5-8-15-28)29-16-9-6-10-17-29;/h5-17,22,24,27,38H,18-21,23H2,1-4H3;. The largest absolute Gasteiger partial charge is 0.416 e. The number of nitrogens with zero attached hydrogens (tertiary/aromatic N) is 2. The van der Waals surface area contributed by atoms with Gasteiger partial charge in [-0.25, -0.2) is 0 Å². The van der Waals surface area contributed by atoms with E-state index in [1.807, 2.05) is 36.4 Å². The third-order valence-corrected chi connectivity index (χ3v) is 13.1. The SMILES string of the molecule is CC1C(=O)N(C(CO)CCO[Si](c2ccccc2)(c2ccccc2)C(C)(C)C)CCN1c1cccc(C(F)(F)F)c1.[Na]. The van der Waals surface area contributed by atoms with Gasteiger partial charge in [-0.2, -0.15) is 13.2 Å². The Balaban J connectivity index is 0.00000484. The van der Waals surface area contributed by atoms with Crippen LogP contribution in [0.5, 0.6) is 0 Å². The molecule has 1 saturated heterocycles. The molecule has 0 aromatic heterocycles. The summed E-state index contributed by atoms with van der Waals surface area (Å²) in [5.41, 5.74) is -0.387. The van der Waals surface area contributed by atoms with Crippen molar-refractivity contribution >= 4 is 59.8 Å². The van der Waals surface area contributed by atoms with E-state index in [1.165, 1.54) is 6.07 Å². The van der Waals surface area contributed by atoms with Crippen LogP contribution in [0.2, 0.25) is 5.04 Å². The summed E-state index contributed by atoms with van der Waals surface area (Å²) in [6, 6.07) is 24.5. The number of amides is 1. The molecule has 2 unspecified atom stereocenters. The van der Waals surface area contributed by atoms with Gasteiger partial charge in [-0.05, 0) is 47.0 Å².